The predicted molar refractivity (Wildman–Crippen MR) is 78.3 cm³/mol. The molecule has 2 rings (SSSR count). The largest absolute Gasteiger partial charge is 0.326 e. The highest BCUT2D eigenvalue weighted by molar-refractivity contribution is 9.11. The summed E-state index contributed by atoms with van der Waals surface area (Å²) in [7, 11) is -3.44. The molecule has 0 aliphatic heterocycles. The second-order valence-corrected chi connectivity index (χ2v) is 8.79. The zero-order valence-electron chi connectivity index (χ0n) is 9.22. The Morgan fingerprint density at radius 1 is 1.33 bits per heavy atom. The fourth-order valence-corrected chi connectivity index (χ4v) is 4.98. The van der Waals surface area contributed by atoms with E-state index >= 15 is 0 Å². The van der Waals surface area contributed by atoms with Gasteiger partial charge in [-0.2, -0.15) is 0 Å². The Morgan fingerprint density at radius 3 is 2.67 bits per heavy atom. The third kappa shape index (κ3) is 3.40. The molecule has 2 heterocycles. The van der Waals surface area contributed by atoms with Gasteiger partial charge in [0, 0.05) is 28.2 Å². The molecule has 0 atom stereocenters. The van der Waals surface area contributed by atoms with E-state index in [2.05, 4.69) is 20.7 Å². The molecule has 0 bridgehead atoms. The Hall–Kier alpha value is -0.250. The summed E-state index contributed by atoms with van der Waals surface area (Å²) >= 11 is 6.20. The maximum absolute atomic E-state index is 12.0. The van der Waals surface area contributed by atoms with Crippen molar-refractivity contribution >= 4 is 48.6 Å². The van der Waals surface area contributed by atoms with Gasteiger partial charge in [0.2, 0.25) is 10.0 Å². The Bertz CT molecular complexity index is 633. The van der Waals surface area contributed by atoms with E-state index in [1.807, 2.05) is 12.1 Å². The van der Waals surface area contributed by atoms with Crippen molar-refractivity contribution in [2.24, 2.45) is 5.73 Å². The minimum atomic E-state index is -3.44. The number of sulfonamides is 1. The van der Waals surface area contributed by atoms with E-state index in [0.29, 0.717) is 13.1 Å². The molecular formula is C10H11BrN2O2S3. The van der Waals surface area contributed by atoms with Crippen molar-refractivity contribution < 1.29 is 8.42 Å². The van der Waals surface area contributed by atoms with E-state index < -0.39 is 10.0 Å². The van der Waals surface area contributed by atoms with Gasteiger partial charge in [-0.25, -0.2) is 13.1 Å². The van der Waals surface area contributed by atoms with E-state index in [1.165, 1.54) is 22.7 Å². The van der Waals surface area contributed by atoms with Crippen molar-refractivity contribution in [1.82, 2.24) is 4.72 Å². The van der Waals surface area contributed by atoms with Crippen LogP contribution in [0, 0.1) is 0 Å². The van der Waals surface area contributed by atoms with E-state index in [0.717, 1.165) is 13.5 Å². The first-order valence-corrected chi connectivity index (χ1v) is 9.00. The fourth-order valence-electron chi connectivity index (χ4n) is 1.30. The van der Waals surface area contributed by atoms with Crippen LogP contribution in [0.2, 0.25) is 0 Å². The lowest BCUT2D eigenvalue weighted by atomic mass is 10.5. The van der Waals surface area contributed by atoms with Crippen LogP contribution < -0.4 is 10.5 Å². The van der Waals surface area contributed by atoms with Crippen LogP contribution in [0.5, 0.6) is 0 Å². The summed E-state index contributed by atoms with van der Waals surface area (Å²) in [5, 5.41) is 1.61. The maximum atomic E-state index is 12.0. The first-order valence-electron chi connectivity index (χ1n) is 5.02. The molecule has 0 radical (unpaired) electrons. The van der Waals surface area contributed by atoms with Crippen molar-refractivity contribution in [2.45, 2.75) is 18.0 Å². The molecule has 0 aliphatic rings. The molecule has 0 saturated carbocycles. The van der Waals surface area contributed by atoms with Gasteiger partial charge in [-0.1, -0.05) is 0 Å². The number of nitrogens with two attached hydrogens (primary N) is 1. The minimum absolute atomic E-state index is 0.281. The van der Waals surface area contributed by atoms with E-state index in [1.54, 1.807) is 11.4 Å². The molecule has 8 heteroatoms. The minimum Gasteiger partial charge on any atom is -0.326 e. The molecule has 4 nitrogen and oxygen atoms in total. The molecular weight excluding hydrogens is 356 g/mol. The van der Waals surface area contributed by atoms with E-state index in [9.17, 15) is 8.42 Å². The van der Waals surface area contributed by atoms with Crippen LogP contribution in [0.4, 0.5) is 0 Å². The highest BCUT2D eigenvalue weighted by Gasteiger charge is 2.15. The molecule has 0 spiro atoms. The zero-order valence-corrected chi connectivity index (χ0v) is 13.3. The van der Waals surface area contributed by atoms with Gasteiger partial charge in [0.15, 0.2) is 0 Å². The van der Waals surface area contributed by atoms with Gasteiger partial charge in [-0.15, -0.1) is 22.7 Å². The Kier molecular flexibility index (Phi) is 4.57. The lowest BCUT2D eigenvalue weighted by molar-refractivity contribution is 0.582. The molecule has 0 amide bonds. The van der Waals surface area contributed by atoms with Crippen molar-refractivity contribution in [3.63, 3.8) is 0 Å². The second kappa shape index (κ2) is 5.81. The van der Waals surface area contributed by atoms with Crippen LogP contribution in [-0.2, 0) is 23.1 Å². The standard InChI is InChI=1S/C10H11BrN2O2S3/c11-10-2-1-7(17-10)5-13-18(14,15)9-3-8(4-12)16-6-9/h1-3,6,13H,4-5,12H2. The molecule has 2 aromatic rings. The van der Waals surface area contributed by atoms with Crippen LogP contribution in [0.15, 0.2) is 32.3 Å². The monoisotopic (exact) mass is 366 g/mol. The van der Waals surface area contributed by atoms with Gasteiger partial charge in [-0.3, -0.25) is 0 Å². The maximum Gasteiger partial charge on any atom is 0.241 e. The van der Waals surface area contributed by atoms with Crippen LogP contribution in [0.1, 0.15) is 9.75 Å². The number of hydrogen-bond donors (Lipinski definition) is 2. The fraction of sp³-hybridized carbons (Fsp3) is 0.200. The van der Waals surface area contributed by atoms with Crippen molar-refractivity contribution in [1.29, 1.82) is 0 Å². The summed E-state index contributed by atoms with van der Waals surface area (Å²) in [4.78, 5) is 2.09. The molecule has 2 aromatic heterocycles. The summed E-state index contributed by atoms with van der Waals surface area (Å²) in [6, 6.07) is 5.39. The highest BCUT2D eigenvalue weighted by atomic mass is 79.9. The lowest BCUT2D eigenvalue weighted by Crippen LogP contribution is -2.22. The van der Waals surface area contributed by atoms with Gasteiger partial charge in [-0.05, 0) is 34.1 Å². The number of nitrogens with one attached hydrogen (secondary N) is 1. The molecule has 0 aromatic carbocycles. The zero-order chi connectivity index (χ0) is 13.2. The van der Waals surface area contributed by atoms with Crippen LogP contribution >= 0.6 is 38.6 Å². The average molecular weight is 367 g/mol. The normalized spacial score (nSPS) is 11.9. The molecule has 18 heavy (non-hydrogen) atoms. The van der Waals surface area contributed by atoms with Gasteiger partial charge in [0.05, 0.1) is 8.68 Å². The Morgan fingerprint density at radius 2 is 2.11 bits per heavy atom. The summed E-state index contributed by atoms with van der Waals surface area (Å²) in [6.45, 7) is 0.657. The number of rotatable bonds is 5. The first-order chi connectivity index (χ1) is 8.51. The van der Waals surface area contributed by atoms with Crippen molar-refractivity contribution in [2.75, 3.05) is 0 Å². The third-order valence-corrected chi connectivity index (χ3v) is 6.32. The van der Waals surface area contributed by atoms with Crippen molar-refractivity contribution in [3.05, 3.63) is 37.1 Å². The lowest BCUT2D eigenvalue weighted by Gasteiger charge is -2.02. The first kappa shape index (κ1) is 14.2. The summed E-state index contributed by atoms with van der Waals surface area (Å²) < 4.78 is 27.5. The average Bonchev–Trinajstić information content (AvgIpc) is 2.95. The second-order valence-electron chi connectivity index (χ2n) is 3.48. The Labute approximate surface area is 122 Å². The van der Waals surface area contributed by atoms with Gasteiger partial charge in [0.25, 0.3) is 0 Å². The number of hydrogen-bond acceptors (Lipinski definition) is 5. The van der Waals surface area contributed by atoms with Gasteiger partial charge < -0.3 is 5.73 Å². The summed E-state index contributed by atoms with van der Waals surface area (Å²) in [5.41, 5.74) is 5.47. The SMILES string of the molecule is NCc1cc(S(=O)(=O)NCc2ccc(Br)s2)cs1. The predicted octanol–water partition coefficient (Wildman–Crippen LogP) is 2.51. The van der Waals surface area contributed by atoms with Crippen molar-refractivity contribution in [3.8, 4) is 0 Å². The molecule has 98 valence electrons. The summed E-state index contributed by atoms with van der Waals surface area (Å²) in [5.74, 6) is 0. The molecule has 3 N–H and O–H groups in total. The van der Waals surface area contributed by atoms with Crippen LogP contribution in [0.25, 0.3) is 0 Å². The van der Waals surface area contributed by atoms with Gasteiger partial charge in [0.1, 0.15) is 0 Å². The van der Waals surface area contributed by atoms with E-state index in [4.69, 9.17) is 5.73 Å². The molecule has 0 unspecified atom stereocenters. The third-order valence-electron chi connectivity index (χ3n) is 2.21. The highest BCUT2D eigenvalue weighted by Crippen LogP contribution is 2.23. The smallest absolute Gasteiger partial charge is 0.241 e. The van der Waals surface area contributed by atoms with Crippen LogP contribution in [0.3, 0.4) is 0 Å². The number of thiophene rings is 2. The number of halogens is 1. The summed E-state index contributed by atoms with van der Waals surface area (Å²) in [6.07, 6.45) is 0. The Balaban J connectivity index is 2.07. The molecule has 0 fully saturated rings. The van der Waals surface area contributed by atoms with E-state index in [-0.39, 0.29) is 4.90 Å². The molecule has 0 saturated heterocycles. The quantitative estimate of drug-likeness (QED) is 0.853. The van der Waals surface area contributed by atoms with Gasteiger partial charge >= 0.3 is 0 Å². The molecule has 0 aliphatic carbocycles. The topological polar surface area (TPSA) is 72.2 Å². The van der Waals surface area contributed by atoms with Crippen LogP contribution in [-0.4, -0.2) is 8.42 Å².